The van der Waals surface area contributed by atoms with E-state index < -0.39 is 11.6 Å². The Morgan fingerprint density at radius 2 is 1.58 bits per heavy atom. The van der Waals surface area contributed by atoms with E-state index in [9.17, 15) is 13.2 Å². The van der Waals surface area contributed by atoms with Gasteiger partial charge in [-0.3, -0.25) is 0 Å². The fourth-order valence-corrected chi connectivity index (χ4v) is 1.51. The number of nitrogens with one attached hydrogen (secondary N) is 1. The van der Waals surface area contributed by atoms with Gasteiger partial charge in [-0.2, -0.15) is 0 Å². The van der Waals surface area contributed by atoms with Gasteiger partial charge in [0.1, 0.15) is 18.2 Å². The molecule has 0 radical (unpaired) electrons. The van der Waals surface area contributed by atoms with Crippen molar-refractivity contribution in [1.29, 1.82) is 0 Å². The van der Waals surface area contributed by atoms with E-state index in [0.29, 0.717) is 6.54 Å². The molecule has 0 aliphatic rings. The van der Waals surface area contributed by atoms with Gasteiger partial charge >= 0.3 is 0 Å². The van der Waals surface area contributed by atoms with E-state index in [1.54, 1.807) is 12.1 Å². The molecule has 0 saturated carbocycles. The van der Waals surface area contributed by atoms with E-state index >= 15 is 0 Å². The number of hydrogen-bond donors (Lipinski definition) is 1. The lowest BCUT2D eigenvalue weighted by Gasteiger charge is -2.09. The average Bonchev–Trinajstić information content (AvgIpc) is 2.40. The zero-order valence-electron chi connectivity index (χ0n) is 10.00. The molecule has 0 heterocycles. The lowest BCUT2D eigenvalue weighted by atomic mass is 10.3. The van der Waals surface area contributed by atoms with Crippen molar-refractivity contribution >= 4 is 5.69 Å². The van der Waals surface area contributed by atoms with Gasteiger partial charge in [0, 0.05) is 18.3 Å². The quantitative estimate of drug-likeness (QED) is 0.836. The third-order valence-electron chi connectivity index (χ3n) is 2.43. The highest BCUT2D eigenvalue weighted by Gasteiger charge is 2.04. The van der Waals surface area contributed by atoms with Crippen LogP contribution in [0.3, 0.4) is 0 Å². The molecule has 0 amide bonds. The number of halogens is 3. The Hall–Kier alpha value is -2.17. The maximum atomic E-state index is 13.2. The second kappa shape index (κ2) is 6.13. The predicted octanol–water partition coefficient (Wildman–Crippen LogP) is 3.59. The Labute approximate surface area is 108 Å². The van der Waals surface area contributed by atoms with Crippen LogP contribution in [-0.2, 0) is 0 Å². The van der Waals surface area contributed by atoms with Crippen molar-refractivity contribution in [3.05, 3.63) is 59.9 Å². The summed E-state index contributed by atoms with van der Waals surface area (Å²) in [6.45, 7) is 0.555. The first-order valence-electron chi connectivity index (χ1n) is 5.72. The zero-order valence-corrected chi connectivity index (χ0v) is 10.00. The van der Waals surface area contributed by atoms with Crippen LogP contribution in [0.2, 0.25) is 0 Å². The molecule has 0 fully saturated rings. The average molecular weight is 267 g/mol. The molecule has 0 aliphatic heterocycles. The summed E-state index contributed by atoms with van der Waals surface area (Å²) in [6, 6.07) is 8.85. The lowest BCUT2D eigenvalue weighted by molar-refractivity contribution is 0.313. The molecule has 0 atom stereocenters. The minimum absolute atomic E-state index is 0.124. The summed E-state index contributed by atoms with van der Waals surface area (Å²) in [5, 5.41) is 2.97. The minimum Gasteiger partial charge on any atom is -0.489 e. The summed E-state index contributed by atoms with van der Waals surface area (Å²) in [7, 11) is 0. The smallest absolute Gasteiger partial charge is 0.165 e. The lowest BCUT2D eigenvalue weighted by Crippen LogP contribution is -2.12. The highest BCUT2D eigenvalue weighted by Crippen LogP contribution is 2.17. The van der Waals surface area contributed by atoms with E-state index in [1.807, 2.05) is 0 Å². The molecular formula is C14H12F3NO. The van der Waals surface area contributed by atoms with Gasteiger partial charge in [-0.25, -0.2) is 13.2 Å². The maximum absolute atomic E-state index is 13.2. The second-order valence-corrected chi connectivity index (χ2v) is 3.86. The molecule has 0 saturated heterocycles. The van der Waals surface area contributed by atoms with Crippen molar-refractivity contribution in [2.45, 2.75) is 0 Å². The molecule has 0 bridgehead atoms. The first-order valence-corrected chi connectivity index (χ1v) is 5.72. The van der Waals surface area contributed by atoms with Crippen molar-refractivity contribution in [3.8, 4) is 5.75 Å². The molecule has 2 aromatic carbocycles. The van der Waals surface area contributed by atoms with Gasteiger partial charge in [0.05, 0.1) is 0 Å². The molecule has 0 aliphatic carbocycles. The van der Waals surface area contributed by atoms with Gasteiger partial charge < -0.3 is 10.1 Å². The fourth-order valence-electron chi connectivity index (χ4n) is 1.51. The molecule has 0 unspecified atom stereocenters. The molecule has 0 aromatic heterocycles. The fraction of sp³-hybridized carbons (Fsp3) is 0.143. The Bertz CT molecular complexity index is 543. The van der Waals surface area contributed by atoms with Crippen molar-refractivity contribution in [2.24, 2.45) is 0 Å². The maximum Gasteiger partial charge on any atom is 0.165 e. The van der Waals surface area contributed by atoms with Gasteiger partial charge in [0.25, 0.3) is 0 Å². The molecule has 100 valence electrons. The van der Waals surface area contributed by atoms with Gasteiger partial charge in [-0.1, -0.05) is 0 Å². The van der Waals surface area contributed by atoms with Crippen LogP contribution in [0.1, 0.15) is 0 Å². The van der Waals surface area contributed by atoms with Crippen LogP contribution in [0.15, 0.2) is 42.5 Å². The van der Waals surface area contributed by atoms with E-state index in [-0.39, 0.29) is 18.2 Å². The normalized spacial score (nSPS) is 10.3. The van der Waals surface area contributed by atoms with E-state index in [1.165, 1.54) is 12.1 Å². The summed E-state index contributed by atoms with van der Waals surface area (Å²) < 4.78 is 43.8. The Kier molecular flexibility index (Phi) is 4.28. The van der Waals surface area contributed by atoms with Crippen molar-refractivity contribution in [1.82, 2.24) is 0 Å². The minimum atomic E-state index is -0.608. The van der Waals surface area contributed by atoms with Crippen LogP contribution in [0, 0.1) is 17.5 Å². The van der Waals surface area contributed by atoms with E-state index in [4.69, 9.17) is 4.74 Å². The highest BCUT2D eigenvalue weighted by molar-refractivity contribution is 5.42. The summed E-state index contributed by atoms with van der Waals surface area (Å²) in [4.78, 5) is 0. The van der Waals surface area contributed by atoms with Gasteiger partial charge in [0.15, 0.2) is 11.6 Å². The van der Waals surface area contributed by atoms with Crippen LogP contribution >= 0.6 is 0 Å². The summed E-state index contributed by atoms with van der Waals surface area (Å²) in [5.74, 6) is -1.60. The van der Waals surface area contributed by atoms with Crippen molar-refractivity contribution < 1.29 is 17.9 Å². The molecule has 1 N–H and O–H groups in total. The molecule has 2 nitrogen and oxygen atoms in total. The zero-order chi connectivity index (χ0) is 13.7. The molecule has 0 spiro atoms. The van der Waals surface area contributed by atoms with E-state index in [2.05, 4.69) is 5.32 Å². The number of benzene rings is 2. The monoisotopic (exact) mass is 267 g/mol. The summed E-state index contributed by atoms with van der Waals surface area (Å²) >= 11 is 0. The molecule has 19 heavy (non-hydrogen) atoms. The number of rotatable bonds is 5. The first-order chi connectivity index (χ1) is 9.15. The molecule has 2 rings (SSSR count). The Balaban J connectivity index is 1.80. The standard InChI is InChI=1S/C14H12F3NO/c15-10-1-4-12(5-2-10)18-7-8-19-14-9-11(16)3-6-13(14)17/h1-6,9,18H,7-8H2. The van der Waals surface area contributed by atoms with Crippen molar-refractivity contribution in [2.75, 3.05) is 18.5 Å². The highest BCUT2D eigenvalue weighted by atomic mass is 19.1. The third-order valence-corrected chi connectivity index (χ3v) is 2.43. The molecule has 5 heteroatoms. The van der Waals surface area contributed by atoms with E-state index in [0.717, 1.165) is 23.9 Å². The molecular weight excluding hydrogens is 255 g/mol. The number of hydrogen-bond acceptors (Lipinski definition) is 2. The molecule has 2 aromatic rings. The summed E-state index contributed by atoms with van der Waals surface area (Å²) in [5.41, 5.74) is 0.727. The Morgan fingerprint density at radius 3 is 2.32 bits per heavy atom. The predicted molar refractivity (Wildman–Crippen MR) is 66.7 cm³/mol. The van der Waals surface area contributed by atoms with Gasteiger partial charge in [-0.05, 0) is 36.4 Å². The van der Waals surface area contributed by atoms with Crippen LogP contribution in [0.4, 0.5) is 18.9 Å². The van der Waals surface area contributed by atoms with Crippen molar-refractivity contribution in [3.63, 3.8) is 0 Å². The number of anilines is 1. The van der Waals surface area contributed by atoms with Gasteiger partial charge in [0.2, 0.25) is 0 Å². The first kappa shape index (κ1) is 13.3. The second-order valence-electron chi connectivity index (χ2n) is 3.86. The topological polar surface area (TPSA) is 21.3 Å². The van der Waals surface area contributed by atoms with Crippen LogP contribution in [0.25, 0.3) is 0 Å². The number of ether oxygens (including phenoxy) is 1. The SMILES string of the molecule is Fc1ccc(NCCOc2cc(F)ccc2F)cc1. The van der Waals surface area contributed by atoms with Crippen LogP contribution in [0.5, 0.6) is 5.75 Å². The van der Waals surface area contributed by atoms with Gasteiger partial charge in [-0.15, -0.1) is 0 Å². The Morgan fingerprint density at radius 1 is 0.895 bits per heavy atom. The largest absolute Gasteiger partial charge is 0.489 e. The third kappa shape index (κ3) is 3.91. The summed E-state index contributed by atoms with van der Waals surface area (Å²) in [6.07, 6.45) is 0. The van der Waals surface area contributed by atoms with Crippen LogP contribution in [-0.4, -0.2) is 13.2 Å². The van der Waals surface area contributed by atoms with Crippen LogP contribution < -0.4 is 10.1 Å².